The van der Waals surface area contributed by atoms with Gasteiger partial charge < -0.3 is 14.6 Å². The number of aryl methyl sites for hydroxylation is 1. The average Bonchev–Trinajstić information content (AvgIpc) is 3.66. The molecule has 0 spiro atoms. The number of rotatable bonds is 8. The lowest BCUT2D eigenvalue weighted by atomic mass is 9.65. The highest BCUT2D eigenvalue weighted by molar-refractivity contribution is 7.46. The zero-order valence-electron chi connectivity index (χ0n) is 33.4. The lowest BCUT2D eigenvalue weighted by Crippen LogP contribution is -2.54. The number of allylic oxidation sites excluding steroid dienone is 2. The number of ether oxygens (including phenoxy) is 1. The fourth-order valence-electron chi connectivity index (χ4n) is 8.35. The van der Waals surface area contributed by atoms with Gasteiger partial charge in [-0.15, -0.1) is 0 Å². The van der Waals surface area contributed by atoms with E-state index in [4.69, 9.17) is 19.6 Å². The van der Waals surface area contributed by atoms with E-state index < -0.39 is 90.3 Å². The molecule has 3 aromatic carbocycles. The van der Waals surface area contributed by atoms with Crippen molar-refractivity contribution < 1.29 is 68.3 Å². The van der Waals surface area contributed by atoms with Gasteiger partial charge in [0, 0.05) is 29.8 Å². The number of alkyl carbamates (subject to hydrolysis) is 1. The van der Waals surface area contributed by atoms with Crippen LogP contribution in [0.5, 0.6) is 5.75 Å². The Hall–Kier alpha value is -5.56. The molecule has 2 aliphatic heterocycles. The van der Waals surface area contributed by atoms with Gasteiger partial charge in [0.1, 0.15) is 29.5 Å². The van der Waals surface area contributed by atoms with Crippen LogP contribution in [0.1, 0.15) is 85.0 Å². The lowest BCUT2D eigenvalue weighted by Gasteiger charge is -2.44. The summed E-state index contributed by atoms with van der Waals surface area (Å²) in [6.45, 7) is 6.73. The minimum Gasteiger partial charge on any atom is -0.444 e. The molecule has 4 aromatic rings. The number of hydrogen-bond acceptors (Lipinski definition) is 7. The Bertz CT molecular complexity index is 2620. The second-order valence-electron chi connectivity index (χ2n) is 15.9. The van der Waals surface area contributed by atoms with Crippen molar-refractivity contribution in [2.24, 2.45) is 0 Å². The Morgan fingerprint density at radius 3 is 2.23 bits per heavy atom. The smallest absolute Gasteiger partial charge is 0.444 e. The van der Waals surface area contributed by atoms with Crippen molar-refractivity contribution in [3.8, 4) is 11.4 Å². The van der Waals surface area contributed by atoms with E-state index in [0.717, 1.165) is 12.1 Å². The van der Waals surface area contributed by atoms with Crippen LogP contribution in [0.25, 0.3) is 11.3 Å². The lowest BCUT2D eigenvalue weighted by molar-refractivity contribution is -0.143. The zero-order chi connectivity index (χ0) is 45.5. The van der Waals surface area contributed by atoms with Crippen molar-refractivity contribution in [3.05, 3.63) is 129 Å². The minimum atomic E-state index is -5.13. The number of fused-ring (bicyclic) bond motifs is 8. The summed E-state index contributed by atoms with van der Waals surface area (Å²) in [5, 5.41) is 9.12. The van der Waals surface area contributed by atoms with Crippen molar-refractivity contribution in [1.29, 1.82) is 0 Å². The van der Waals surface area contributed by atoms with Crippen LogP contribution < -0.4 is 15.2 Å². The normalized spacial score (nSPS) is 20.7. The van der Waals surface area contributed by atoms with Crippen molar-refractivity contribution in [1.82, 2.24) is 25.3 Å². The van der Waals surface area contributed by atoms with E-state index in [0.29, 0.717) is 40.6 Å². The van der Waals surface area contributed by atoms with Gasteiger partial charge in [-0.2, -0.15) is 31.4 Å². The van der Waals surface area contributed by atoms with Gasteiger partial charge in [-0.1, -0.05) is 43.3 Å². The maximum absolute atomic E-state index is 17.5. The summed E-state index contributed by atoms with van der Waals surface area (Å²) in [4.78, 5) is 45.2. The van der Waals surface area contributed by atoms with E-state index in [1.54, 1.807) is 36.9 Å². The first-order valence-corrected chi connectivity index (χ1v) is 20.4. The quantitative estimate of drug-likeness (QED) is 0.100. The Labute approximate surface area is 348 Å². The van der Waals surface area contributed by atoms with Gasteiger partial charge in [0.25, 0.3) is 0 Å². The number of imide groups is 1. The average molecular weight is 896 g/mol. The Balaban J connectivity index is 1.21. The largest absolute Gasteiger partial charge is 0.524 e. The number of para-hydroxylation sites is 1. The number of benzene rings is 3. The van der Waals surface area contributed by atoms with Crippen LogP contribution in [0, 0.1) is 0 Å². The van der Waals surface area contributed by atoms with Gasteiger partial charge in [-0.25, -0.2) is 32.9 Å². The highest BCUT2D eigenvalue weighted by Crippen LogP contribution is 2.59. The maximum atomic E-state index is 17.5. The molecular weight excluding hydrogens is 857 g/mol. The van der Waals surface area contributed by atoms with Gasteiger partial charge in [-0.3, -0.25) is 14.7 Å². The molecule has 0 saturated carbocycles. The number of alkyl halides is 6. The number of carbonyl (C=O) groups excluding carboxylic acids is 2. The van der Waals surface area contributed by atoms with Gasteiger partial charge in [0.15, 0.2) is 0 Å². The maximum Gasteiger partial charge on any atom is 0.524 e. The van der Waals surface area contributed by atoms with E-state index in [2.05, 4.69) is 9.84 Å². The second-order valence-corrected chi connectivity index (χ2v) is 17.1. The van der Waals surface area contributed by atoms with Gasteiger partial charge >= 0.3 is 32.3 Å². The van der Waals surface area contributed by atoms with Crippen LogP contribution in [0.2, 0.25) is 0 Å². The number of hydrogen-bond donors (Lipinski definition) is 4. The van der Waals surface area contributed by atoms with Crippen LogP contribution in [0.4, 0.5) is 44.7 Å². The third-order valence-electron chi connectivity index (χ3n) is 11.4. The first-order valence-electron chi connectivity index (χ1n) is 18.9. The van der Waals surface area contributed by atoms with Crippen molar-refractivity contribution in [2.75, 3.05) is 0 Å². The molecular formula is C41H38F8N5O7P. The molecule has 0 bridgehead atoms. The highest BCUT2D eigenvalue weighted by Gasteiger charge is 2.57. The first kappa shape index (κ1) is 44.5. The highest BCUT2D eigenvalue weighted by atomic mass is 31.2. The standard InChI is InChI=1S/C41H38F8N5O7P/c1-6-22-8-7-9-26-30-32(43)38(4,51-35(55)50-36(56)60-20-21-10-14-25(15-11-21)61-62(57,58)59)17-29(42)39(30,5)34-27-19-53(37(2,3)33(27)52-54(34)31(22)26)18-23-12-13-24(40(44,45)46)16-28(23)41(47,48)49/h7-17H,6,18-20H2,1-5H3,(H2,57,58,59)(H2,50,51,55,56). The number of urea groups is 1. The third-order valence-corrected chi connectivity index (χ3v) is 11.9. The van der Waals surface area contributed by atoms with Crippen LogP contribution in [0.15, 0.2) is 78.4 Å². The summed E-state index contributed by atoms with van der Waals surface area (Å²) < 4.78 is 140. The van der Waals surface area contributed by atoms with Gasteiger partial charge in [-0.05, 0) is 81.1 Å². The Morgan fingerprint density at radius 2 is 1.61 bits per heavy atom. The Kier molecular flexibility index (Phi) is 10.8. The number of halogens is 8. The van der Waals surface area contributed by atoms with Crippen LogP contribution in [0.3, 0.4) is 0 Å². The molecule has 3 heterocycles. The molecule has 3 amide bonds. The number of phosphoric acid groups is 1. The molecule has 2 unspecified atom stereocenters. The molecule has 1 aliphatic carbocycles. The monoisotopic (exact) mass is 895 g/mol. The summed E-state index contributed by atoms with van der Waals surface area (Å²) in [6, 6.07) is 10.2. The molecule has 12 nitrogen and oxygen atoms in total. The fourth-order valence-corrected chi connectivity index (χ4v) is 8.74. The van der Waals surface area contributed by atoms with E-state index in [9.17, 15) is 40.5 Å². The summed E-state index contributed by atoms with van der Waals surface area (Å²) in [5.41, 5.74) is -6.36. The van der Waals surface area contributed by atoms with E-state index in [-0.39, 0.29) is 35.2 Å². The molecule has 7 rings (SSSR count). The van der Waals surface area contributed by atoms with Gasteiger partial charge in [0.2, 0.25) is 0 Å². The molecule has 4 N–H and O–H groups in total. The summed E-state index contributed by atoms with van der Waals surface area (Å²) >= 11 is 0. The molecule has 62 heavy (non-hydrogen) atoms. The number of aromatic nitrogens is 2. The Morgan fingerprint density at radius 1 is 0.935 bits per heavy atom. The van der Waals surface area contributed by atoms with Crippen molar-refractivity contribution in [3.63, 3.8) is 0 Å². The van der Waals surface area contributed by atoms with E-state index in [1.165, 1.54) is 42.8 Å². The number of amides is 3. The number of nitrogens with one attached hydrogen (secondary N) is 2. The van der Waals surface area contributed by atoms with Crippen LogP contribution >= 0.6 is 7.82 Å². The number of phosphoric ester groups is 1. The fraction of sp³-hybridized carbons (Fsp3) is 0.341. The van der Waals surface area contributed by atoms with E-state index >= 15 is 8.78 Å². The summed E-state index contributed by atoms with van der Waals surface area (Å²) in [6.07, 6.45) is -10.2. The van der Waals surface area contributed by atoms with Crippen LogP contribution in [-0.2, 0) is 58.7 Å². The van der Waals surface area contributed by atoms with Crippen molar-refractivity contribution >= 4 is 25.5 Å². The van der Waals surface area contributed by atoms with Crippen molar-refractivity contribution in [2.45, 2.75) is 89.6 Å². The molecule has 0 fully saturated rings. The van der Waals surface area contributed by atoms with Gasteiger partial charge in [0.05, 0.1) is 39.2 Å². The number of nitrogens with zero attached hydrogens (tertiary/aromatic N) is 3. The van der Waals surface area contributed by atoms with E-state index in [1.807, 2.05) is 12.2 Å². The SMILES string of the molecule is CCc1cccc2c1-n1nc3c(c1C1(C)C(F)=CC(C)(NC(=O)NC(=O)OCc4ccc(OP(=O)(O)O)cc4)C(F)=C21)CN(Cc1ccc(C(F)(F)F)cc1C(F)(F)F)C3(C)C. The molecule has 1 aromatic heterocycles. The zero-order valence-corrected chi connectivity index (χ0v) is 34.3. The molecule has 0 saturated heterocycles. The number of carbonyl (C=O) groups is 2. The minimum absolute atomic E-state index is 0.0692. The molecule has 21 heteroatoms. The molecule has 3 aliphatic rings. The predicted molar refractivity (Wildman–Crippen MR) is 206 cm³/mol. The molecule has 0 radical (unpaired) electrons. The third kappa shape index (κ3) is 7.77. The second kappa shape index (κ2) is 15.1. The summed E-state index contributed by atoms with van der Waals surface area (Å²) in [7, 11) is -4.81. The summed E-state index contributed by atoms with van der Waals surface area (Å²) in [5.74, 6) is -2.11. The van der Waals surface area contributed by atoms with Crippen LogP contribution in [-0.4, -0.2) is 42.1 Å². The topological polar surface area (TPSA) is 155 Å². The molecule has 330 valence electrons. The molecule has 2 atom stereocenters. The first-order chi connectivity index (χ1) is 28.7. The predicted octanol–water partition coefficient (Wildman–Crippen LogP) is 9.41.